The summed E-state index contributed by atoms with van der Waals surface area (Å²) in [5, 5.41) is 1.23. The van der Waals surface area contributed by atoms with Crippen molar-refractivity contribution in [1.29, 1.82) is 0 Å². The fraction of sp³-hybridized carbons (Fsp3) is 0.409. The van der Waals surface area contributed by atoms with Crippen LogP contribution in [0.15, 0.2) is 42.7 Å². The highest BCUT2D eigenvalue weighted by atomic mass is 14.8. The number of pyridine rings is 1. The first-order chi connectivity index (χ1) is 11.6. The Labute approximate surface area is 150 Å². The van der Waals surface area contributed by atoms with E-state index in [0.29, 0.717) is 0 Å². The van der Waals surface area contributed by atoms with Crippen LogP contribution >= 0.6 is 0 Å². The van der Waals surface area contributed by atoms with Gasteiger partial charge in [-0.1, -0.05) is 47.6 Å². The molecular formula is C22H27N3. The summed E-state index contributed by atoms with van der Waals surface area (Å²) in [5.74, 6) is 0.846. The van der Waals surface area contributed by atoms with Crippen molar-refractivity contribution in [1.82, 2.24) is 15.0 Å². The van der Waals surface area contributed by atoms with Crippen molar-refractivity contribution in [2.75, 3.05) is 0 Å². The third-order valence-corrected chi connectivity index (χ3v) is 4.43. The third-order valence-electron chi connectivity index (χ3n) is 4.43. The Hall–Kier alpha value is -2.29. The van der Waals surface area contributed by atoms with E-state index in [4.69, 9.17) is 4.98 Å². The summed E-state index contributed by atoms with van der Waals surface area (Å²) in [6.07, 6.45) is 4.32. The lowest BCUT2D eigenvalue weighted by Gasteiger charge is -2.26. The molecule has 0 unspecified atom stereocenters. The fourth-order valence-corrected chi connectivity index (χ4v) is 2.99. The molecule has 0 aliphatic heterocycles. The standard InChI is InChI=1S/C22H27N3/c1-21(2,3)17-14-19(22(4,5)6)25-18-9-8-15(12-16(17)18)13-20-23-10-7-11-24-20/h7-12,14H,13H2,1-6H3. The topological polar surface area (TPSA) is 38.7 Å². The predicted molar refractivity (Wildman–Crippen MR) is 104 cm³/mol. The molecule has 0 bridgehead atoms. The van der Waals surface area contributed by atoms with Gasteiger partial charge in [0.05, 0.1) is 5.52 Å². The van der Waals surface area contributed by atoms with Gasteiger partial charge in [-0.05, 0) is 40.8 Å². The summed E-state index contributed by atoms with van der Waals surface area (Å²) >= 11 is 0. The van der Waals surface area contributed by atoms with E-state index in [1.807, 2.05) is 6.07 Å². The Kier molecular flexibility index (Phi) is 4.36. The van der Waals surface area contributed by atoms with Gasteiger partial charge in [-0.25, -0.2) is 9.97 Å². The summed E-state index contributed by atoms with van der Waals surface area (Å²) in [6, 6.07) is 10.7. The van der Waals surface area contributed by atoms with Crippen LogP contribution in [-0.4, -0.2) is 15.0 Å². The first-order valence-electron chi connectivity index (χ1n) is 8.85. The van der Waals surface area contributed by atoms with Crippen molar-refractivity contribution in [3.63, 3.8) is 0 Å². The molecule has 2 aromatic heterocycles. The van der Waals surface area contributed by atoms with E-state index in [2.05, 4.69) is 75.8 Å². The number of hydrogen-bond acceptors (Lipinski definition) is 3. The van der Waals surface area contributed by atoms with Gasteiger partial charge in [-0.15, -0.1) is 0 Å². The van der Waals surface area contributed by atoms with Crippen molar-refractivity contribution in [2.24, 2.45) is 0 Å². The van der Waals surface area contributed by atoms with E-state index in [1.54, 1.807) is 12.4 Å². The molecular weight excluding hydrogens is 306 g/mol. The molecule has 3 nitrogen and oxygen atoms in total. The molecule has 0 N–H and O–H groups in total. The van der Waals surface area contributed by atoms with Crippen molar-refractivity contribution >= 4 is 10.9 Å². The SMILES string of the molecule is CC(C)(C)c1cc(C(C)(C)C)c2cc(Cc3ncccn3)ccc2n1. The van der Waals surface area contributed by atoms with Crippen LogP contribution in [0.4, 0.5) is 0 Å². The van der Waals surface area contributed by atoms with E-state index >= 15 is 0 Å². The van der Waals surface area contributed by atoms with E-state index in [0.717, 1.165) is 23.5 Å². The zero-order chi connectivity index (χ0) is 18.2. The number of fused-ring (bicyclic) bond motifs is 1. The minimum Gasteiger partial charge on any atom is -0.252 e. The Morgan fingerprint density at radius 1 is 0.840 bits per heavy atom. The van der Waals surface area contributed by atoms with E-state index < -0.39 is 0 Å². The Morgan fingerprint density at radius 2 is 1.52 bits per heavy atom. The maximum atomic E-state index is 4.94. The van der Waals surface area contributed by atoms with Crippen LogP contribution in [0.2, 0.25) is 0 Å². The van der Waals surface area contributed by atoms with Gasteiger partial charge in [-0.3, -0.25) is 4.98 Å². The molecule has 0 atom stereocenters. The maximum Gasteiger partial charge on any atom is 0.132 e. The summed E-state index contributed by atoms with van der Waals surface area (Å²) < 4.78 is 0. The second-order valence-electron chi connectivity index (χ2n) is 8.75. The number of hydrogen-bond donors (Lipinski definition) is 0. The van der Waals surface area contributed by atoms with Crippen LogP contribution in [0, 0.1) is 0 Å². The highest BCUT2D eigenvalue weighted by Gasteiger charge is 2.23. The average molecular weight is 333 g/mol. The van der Waals surface area contributed by atoms with Gasteiger partial charge in [0.2, 0.25) is 0 Å². The van der Waals surface area contributed by atoms with Crippen molar-refractivity contribution < 1.29 is 0 Å². The van der Waals surface area contributed by atoms with Gasteiger partial charge in [0.1, 0.15) is 5.82 Å². The predicted octanol–water partition coefficient (Wildman–Crippen LogP) is 5.21. The normalized spacial score (nSPS) is 12.6. The molecule has 25 heavy (non-hydrogen) atoms. The molecule has 0 aliphatic rings. The number of benzene rings is 1. The summed E-state index contributed by atoms with van der Waals surface area (Å²) in [7, 11) is 0. The summed E-state index contributed by atoms with van der Waals surface area (Å²) in [6.45, 7) is 13.4. The highest BCUT2D eigenvalue weighted by molar-refractivity contribution is 5.84. The summed E-state index contributed by atoms with van der Waals surface area (Å²) in [4.78, 5) is 13.6. The molecule has 0 saturated carbocycles. The second-order valence-corrected chi connectivity index (χ2v) is 8.75. The molecule has 0 spiro atoms. The van der Waals surface area contributed by atoms with Gasteiger partial charge in [0, 0.05) is 35.3 Å². The van der Waals surface area contributed by atoms with Crippen LogP contribution in [0.5, 0.6) is 0 Å². The minimum absolute atomic E-state index is 0.0325. The van der Waals surface area contributed by atoms with Gasteiger partial charge in [-0.2, -0.15) is 0 Å². The Bertz CT molecular complexity index is 885. The lowest BCUT2D eigenvalue weighted by molar-refractivity contribution is 0.558. The fourth-order valence-electron chi connectivity index (χ4n) is 2.99. The van der Waals surface area contributed by atoms with Gasteiger partial charge >= 0.3 is 0 Å². The van der Waals surface area contributed by atoms with Crippen LogP contribution in [0.25, 0.3) is 10.9 Å². The van der Waals surface area contributed by atoms with E-state index in [1.165, 1.54) is 16.5 Å². The van der Waals surface area contributed by atoms with Gasteiger partial charge in [0.15, 0.2) is 0 Å². The smallest absolute Gasteiger partial charge is 0.132 e. The lowest BCUT2D eigenvalue weighted by Crippen LogP contribution is -2.18. The van der Waals surface area contributed by atoms with Crippen LogP contribution < -0.4 is 0 Å². The minimum atomic E-state index is 0.0325. The molecule has 3 rings (SSSR count). The molecule has 0 saturated heterocycles. The largest absolute Gasteiger partial charge is 0.252 e. The molecule has 0 amide bonds. The number of aromatic nitrogens is 3. The van der Waals surface area contributed by atoms with Gasteiger partial charge in [0.25, 0.3) is 0 Å². The molecule has 3 aromatic rings. The molecule has 2 heterocycles. The van der Waals surface area contributed by atoms with E-state index in [9.17, 15) is 0 Å². The third kappa shape index (κ3) is 3.87. The van der Waals surface area contributed by atoms with Crippen molar-refractivity contribution in [3.05, 3.63) is 65.4 Å². The molecule has 1 aromatic carbocycles. The van der Waals surface area contributed by atoms with Crippen LogP contribution in [0.1, 0.15) is 64.2 Å². The average Bonchev–Trinajstić information content (AvgIpc) is 2.53. The second kappa shape index (κ2) is 6.21. The van der Waals surface area contributed by atoms with Crippen LogP contribution in [0.3, 0.4) is 0 Å². The number of rotatable bonds is 2. The molecule has 3 heteroatoms. The first kappa shape index (κ1) is 17.5. The van der Waals surface area contributed by atoms with E-state index in [-0.39, 0.29) is 10.8 Å². The Balaban J connectivity index is 2.15. The van der Waals surface area contributed by atoms with Crippen LogP contribution in [-0.2, 0) is 17.3 Å². The highest BCUT2D eigenvalue weighted by Crippen LogP contribution is 2.34. The zero-order valence-corrected chi connectivity index (χ0v) is 16.1. The summed E-state index contributed by atoms with van der Waals surface area (Å²) in [5.41, 5.74) is 4.86. The van der Waals surface area contributed by atoms with Gasteiger partial charge < -0.3 is 0 Å². The number of nitrogens with zero attached hydrogens (tertiary/aromatic N) is 3. The quantitative estimate of drug-likeness (QED) is 0.646. The molecule has 130 valence electrons. The molecule has 0 fully saturated rings. The lowest BCUT2D eigenvalue weighted by atomic mass is 9.81. The molecule has 0 radical (unpaired) electrons. The monoisotopic (exact) mass is 333 g/mol. The Morgan fingerprint density at radius 3 is 2.12 bits per heavy atom. The maximum absolute atomic E-state index is 4.94. The van der Waals surface area contributed by atoms with Crippen molar-refractivity contribution in [2.45, 2.75) is 58.8 Å². The van der Waals surface area contributed by atoms with Crippen molar-refractivity contribution in [3.8, 4) is 0 Å². The first-order valence-corrected chi connectivity index (χ1v) is 8.85. The zero-order valence-electron chi connectivity index (χ0n) is 16.1. The molecule has 0 aliphatic carbocycles.